The second kappa shape index (κ2) is 3.27. The second-order valence-electron chi connectivity index (χ2n) is 2.27. The number of hydrogen-bond donors (Lipinski definition) is 1. The summed E-state index contributed by atoms with van der Waals surface area (Å²) in [4.78, 5) is 7.52. The van der Waals surface area contributed by atoms with Crippen molar-refractivity contribution in [3.05, 3.63) is 17.8 Å². The first kappa shape index (κ1) is 7.91. The highest BCUT2D eigenvalue weighted by molar-refractivity contribution is 5.27. The summed E-state index contributed by atoms with van der Waals surface area (Å²) in [5, 5.41) is 0. The summed E-state index contributed by atoms with van der Waals surface area (Å²) in [5.41, 5.74) is 5.22. The van der Waals surface area contributed by atoms with Crippen molar-refractivity contribution < 1.29 is 4.39 Å². The zero-order chi connectivity index (χ0) is 8.27. The van der Waals surface area contributed by atoms with Crippen LogP contribution in [0.15, 0.2) is 6.20 Å². The van der Waals surface area contributed by atoms with Crippen molar-refractivity contribution in [1.82, 2.24) is 9.97 Å². The van der Waals surface area contributed by atoms with Gasteiger partial charge in [0.05, 0.1) is 6.20 Å². The van der Waals surface area contributed by atoms with E-state index in [9.17, 15) is 4.39 Å². The monoisotopic (exact) mass is 155 g/mol. The third-order valence-electron chi connectivity index (χ3n) is 1.29. The van der Waals surface area contributed by atoms with Crippen LogP contribution in [0.1, 0.15) is 19.2 Å². The summed E-state index contributed by atoms with van der Waals surface area (Å²) < 4.78 is 12.5. The van der Waals surface area contributed by atoms with Gasteiger partial charge in [-0.05, 0) is 6.42 Å². The van der Waals surface area contributed by atoms with E-state index in [0.717, 1.165) is 19.0 Å². The molecule has 0 amide bonds. The highest BCUT2D eigenvalue weighted by Gasteiger charge is 2.00. The molecule has 3 nitrogen and oxygen atoms in total. The van der Waals surface area contributed by atoms with E-state index in [4.69, 9.17) is 5.73 Å². The van der Waals surface area contributed by atoms with E-state index in [1.165, 1.54) is 0 Å². The molecule has 0 saturated heterocycles. The van der Waals surface area contributed by atoms with E-state index < -0.39 is 5.82 Å². The average Bonchev–Trinajstić information content (AvgIpc) is 1.98. The predicted molar refractivity (Wildman–Crippen MR) is 40.4 cm³/mol. The van der Waals surface area contributed by atoms with Crippen molar-refractivity contribution in [3.63, 3.8) is 0 Å². The Morgan fingerprint density at radius 2 is 2.36 bits per heavy atom. The number of halogens is 1. The van der Waals surface area contributed by atoms with Gasteiger partial charge >= 0.3 is 0 Å². The van der Waals surface area contributed by atoms with Crippen LogP contribution in [0.4, 0.5) is 10.2 Å². The van der Waals surface area contributed by atoms with Crippen molar-refractivity contribution >= 4 is 5.82 Å². The van der Waals surface area contributed by atoms with Crippen molar-refractivity contribution in [2.75, 3.05) is 5.73 Å². The molecule has 11 heavy (non-hydrogen) atoms. The Bertz CT molecular complexity index is 249. The van der Waals surface area contributed by atoms with Crippen LogP contribution in [-0.2, 0) is 6.42 Å². The number of aromatic nitrogens is 2. The molecule has 1 aromatic rings. The molecule has 60 valence electrons. The molecule has 0 unspecified atom stereocenters. The Hall–Kier alpha value is -1.19. The first-order chi connectivity index (χ1) is 5.24. The molecule has 0 bridgehead atoms. The largest absolute Gasteiger partial charge is 0.381 e. The third kappa shape index (κ3) is 1.86. The molecular weight excluding hydrogens is 145 g/mol. The van der Waals surface area contributed by atoms with Gasteiger partial charge < -0.3 is 5.73 Å². The molecule has 1 rings (SSSR count). The molecule has 0 aromatic carbocycles. The Morgan fingerprint density at radius 1 is 1.64 bits per heavy atom. The molecule has 1 aromatic heterocycles. The van der Waals surface area contributed by atoms with Crippen molar-refractivity contribution in [2.24, 2.45) is 0 Å². The fourth-order valence-electron chi connectivity index (χ4n) is 0.763. The van der Waals surface area contributed by atoms with Crippen molar-refractivity contribution in [3.8, 4) is 0 Å². The molecule has 0 radical (unpaired) electrons. The lowest BCUT2D eigenvalue weighted by molar-refractivity contribution is 0.614. The molecular formula is C7H10FN3. The molecule has 0 aliphatic carbocycles. The zero-order valence-corrected chi connectivity index (χ0v) is 6.34. The van der Waals surface area contributed by atoms with Crippen molar-refractivity contribution in [1.29, 1.82) is 0 Å². The van der Waals surface area contributed by atoms with Crippen LogP contribution in [0.2, 0.25) is 0 Å². The van der Waals surface area contributed by atoms with Gasteiger partial charge in [-0.3, -0.25) is 0 Å². The molecule has 0 aliphatic heterocycles. The fourth-order valence-corrected chi connectivity index (χ4v) is 0.763. The summed E-state index contributed by atoms with van der Waals surface area (Å²) in [6.07, 6.45) is 2.78. The van der Waals surface area contributed by atoms with Gasteiger partial charge in [0.25, 0.3) is 0 Å². The Kier molecular flexibility index (Phi) is 2.36. The van der Waals surface area contributed by atoms with Crippen LogP contribution in [-0.4, -0.2) is 9.97 Å². The maximum atomic E-state index is 12.5. The smallest absolute Gasteiger partial charge is 0.183 e. The predicted octanol–water partition coefficient (Wildman–Crippen LogP) is 1.15. The van der Waals surface area contributed by atoms with Gasteiger partial charge in [-0.25, -0.2) is 14.4 Å². The molecule has 4 heteroatoms. The normalized spacial score (nSPS) is 10.0. The summed E-state index contributed by atoms with van der Waals surface area (Å²) in [6.45, 7) is 2.00. The van der Waals surface area contributed by atoms with E-state index in [1.807, 2.05) is 6.92 Å². The standard InChI is InChI=1S/C7H10FN3/c1-2-3-6-10-4-5(8)7(9)11-6/h4H,2-3H2,1H3,(H2,9,10,11). The first-order valence-corrected chi connectivity index (χ1v) is 3.51. The Morgan fingerprint density at radius 3 is 2.91 bits per heavy atom. The molecule has 0 saturated carbocycles. The van der Waals surface area contributed by atoms with Crippen LogP contribution in [0.25, 0.3) is 0 Å². The van der Waals surface area contributed by atoms with Gasteiger partial charge in [0, 0.05) is 6.42 Å². The van der Waals surface area contributed by atoms with Gasteiger partial charge in [-0.15, -0.1) is 0 Å². The average molecular weight is 155 g/mol. The Balaban J connectivity index is 2.86. The molecule has 1 heterocycles. The van der Waals surface area contributed by atoms with Crippen LogP contribution < -0.4 is 5.73 Å². The van der Waals surface area contributed by atoms with Gasteiger partial charge in [0.1, 0.15) is 5.82 Å². The molecule has 0 atom stereocenters. The fraction of sp³-hybridized carbons (Fsp3) is 0.429. The van der Waals surface area contributed by atoms with E-state index in [1.54, 1.807) is 0 Å². The topological polar surface area (TPSA) is 51.8 Å². The SMILES string of the molecule is CCCc1ncc(F)c(N)n1. The maximum absolute atomic E-state index is 12.5. The second-order valence-corrected chi connectivity index (χ2v) is 2.27. The third-order valence-corrected chi connectivity index (χ3v) is 1.29. The molecule has 0 fully saturated rings. The Labute approximate surface area is 64.5 Å². The lowest BCUT2D eigenvalue weighted by Crippen LogP contribution is -2.01. The minimum absolute atomic E-state index is 0.0662. The number of nitrogen functional groups attached to an aromatic ring is 1. The molecule has 0 aliphatic rings. The van der Waals surface area contributed by atoms with Gasteiger partial charge in [-0.1, -0.05) is 6.92 Å². The van der Waals surface area contributed by atoms with Crippen LogP contribution in [0.3, 0.4) is 0 Å². The number of nitrogens with zero attached hydrogens (tertiary/aromatic N) is 2. The first-order valence-electron chi connectivity index (χ1n) is 3.51. The lowest BCUT2D eigenvalue weighted by atomic mass is 10.3. The van der Waals surface area contributed by atoms with E-state index in [-0.39, 0.29) is 5.82 Å². The van der Waals surface area contributed by atoms with Gasteiger partial charge in [0.15, 0.2) is 11.6 Å². The summed E-state index contributed by atoms with van der Waals surface area (Å²) in [5.74, 6) is -0.0142. The van der Waals surface area contributed by atoms with Crippen LogP contribution in [0.5, 0.6) is 0 Å². The summed E-state index contributed by atoms with van der Waals surface area (Å²) in [6, 6.07) is 0. The number of anilines is 1. The molecule has 2 N–H and O–H groups in total. The quantitative estimate of drug-likeness (QED) is 0.697. The molecule has 0 spiro atoms. The zero-order valence-electron chi connectivity index (χ0n) is 6.34. The van der Waals surface area contributed by atoms with E-state index >= 15 is 0 Å². The van der Waals surface area contributed by atoms with Gasteiger partial charge in [-0.2, -0.15) is 0 Å². The number of aryl methyl sites for hydroxylation is 1. The van der Waals surface area contributed by atoms with Gasteiger partial charge in [0.2, 0.25) is 0 Å². The minimum Gasteiger partial charge on any atom is -0.381 e. The highest BCUT2D eigenvalue weighted by atomic mass is 19.1. The van der Waals surface area contributed by atoms with Crippen LogP contribution in [0, 0.1) is 5.82 Å². The number of rotatable bonds is 2. The summed E-state index contributed by atoms with van der Waals surface area (Å²) in [7, 11) is 0. The number of nitrogens with two attached hydrogens (primary N) is 1. The van der Waals surface area contributed by atoms with E-state index in [0.29, 0.717) is 5.82 Å². The highest BCUT2D eigenvalue weighted by Crippen LogP contribution is 2.04. The van der Waals surface area contributed by atoms with Crippen molar-refractivity contribution in [2.45, 2.75) is 19.8 Å². The van der Waals surface area contributed by atoms with Crippen LogP contribution >= 0.6 is 0 Å². The minimum atomic E-state index is -0.551. The number of hydrogen-bond acceptors (Lipinski definition) is 3. The van der Waals surface area contributed by atoms with E-state index in [2.05, 4.69) is 9.97 Å². The maximum Gasteiger partial charge on any atom is 0.183 e. The summed E-state index contributed by atoms with van der Waals surface area (Å²) >= 11 is 0. The lowest BCUT2D eigenvalue weighted by Gasteiger charge is -1.98.